The molecule has 0 aliphatic carbocycles. The summed E-state index contributed by atoms with van der Waals surface area (Å²) in [6, 6.07) is 8.03. The number of nitrogens with zero attached hydrogens (tertiary/aromatic N) is 2. The zero-order valence-electron chi connectivity index (χ0n) is 10.5. The first kappa shape index (κ1) is 13.6. The first-order valence-electron chi connectivity index (χ1n) is 5.73. The van der Waals surface area contributed by atoms with Crippen molar-refractivity contribution in [2.24, 2.45) is 0 Å². The quantitative estimate of drug-likeness (QED) is 0.852. The molecule has 0 amide bonds. The van der Waals surface area contributed by atoms with Crippen LogP contribution in [0.2, 0.25) is 0 Å². The Kier molecular flexibility index (Phi) is 4.18. The van der Waals surface area contributed by atoms with Gasteiger partial charge in [-0.3, -0.25) is 4.68 Å². The lowest BCUT2D eigenvalue weighted by Gasteiger charge is -2.07. The van der Waals surface area contributed by atoms with Gasteiger partial charge >= 0.3 is 0 Å². The number of hydrogen-bond donors (Lipinski definition) is 1. The standard InChI is InChI=1S/C12H15N3O3S/c1-18-11-3-5-12(6-4-11)19(16,17)14-8-10-15-9-2-7-13-15/h2-7,9,14H,8,10H2,1H3. The largest absolute Gasteiger partial charge is 0.497 e. The van der Waals surface area contributed by atoms with Crippen LogP contribution in [0.3, 0.4) is 0 Å². The van der Waals surface area contributed by atoms with Crippen molar-refractivity contribution in [2.75, 3.05) is 13.7 Å². The van der Waals surface area contributed by atoms with Crippen molar-refractivity contribution in [3.05, 3.63) is 42.7 Å². The van der Waals surface area contributed by atoms with Crippen LogP contribution in [0.1, 0.15) is 0 Å². The smallest absolute Gasteiger partial charge is 0.240 e. The number of methoxy groups -OCH3 is 1. The second-order valence-electron chi connectivity index (χ2n) is 3.84. The minimum atomic E-state index is -3.49. The van der Waals surface area contributed by atoms with Crippen LogP contribution in [0.25, 0.3) is 0 Å². The monoisotopic (exact) mass is 281 g/mol. The normalized spacial score (nSPS) is 11.4. The predicted molar refractivity (Wildman–Crippen MR) is 70.4 cm³/mol. The highest BCUT2D eigenvalue weighted by molar-refractivity contribution is 7.89. The number of ether oxygens (including phenoxy) is 1. The molecule has 0 radical (unpaired) electrons. The lowest BCUT2D eigenvalue weighted by molar-refractivity contribution is 0.414. The molecule has 2 rings (SSSR count). The van der Waals surface area contributed by atoms with Gasteiger partial charge in [-0.1, -0.05) is 0 Å². The lowest BCUT2D eigenvalue weighted by Crippen LogP contribution is -2.27. The fraction of sp³-hybridized carbons (Fsp3) is 0.250. The minimum absolute atomic E-state index is 0.216. The maximum Gasteiger partial charge on any atom is 0.240 e. The van der Waals surface area contributed by atoms with Crippen molar-refractivity contribution in [3.8, 4) is 5.75 Å². The van der Waals surface area contributed by atoms with Gasteiger partial charge in [0.1, 0.15) is 5.75 Å². The summed E-state index contributed by atoms with van der Waals surface area (Å²) in [5.74, 6) is 0.621. The van der Waals surface area contributed by atoms with E-state index in [1.165, 1.54) is 19.2 Å². The van der Waals surface area contributed by atoms with Crippen LogP contribution in [0, 0.1) is 0 Å². The third-order valence-electron chi connectivity index (χ3n) is 2.56. The molecule has 1 aromatic heterocycles. The SMILES string of the molecule is COc1ccc(S(=O)(=O)NCCn2cccn2)cc1. The molecule has 0 bridgehead atoms. The van der Waals surface area contributed by atoms with E-state index in [0.717, 1.165) is 0 Å². The van der Waals surface area contributed by atoms with Gasteiger partial charge in [-0.05, 0) is 30.3 Å². The summed E-state index contributed by atoms with van der Waals surface area (Å²) in [5, 5.41) is 4.00. The first-order valence-corrected chi connectivity index (χ1v) is 7.21. The second-order valence-corrected chi connectivity index (χ2v) is 5.61. The molecule has 0 aliphatic rings. The summed E-state index contributed by atoms with van der Waals surface area (Å²) >= 11 is 0. The number of benzene rings is 1. The third kappa shape index (κ3) is 3.55. The van der Waals surface area contributed by atoms with Gasteiger partial charge < -0.3 is 4.74 Å². The van der Waals surface area contributed by atoms with Crippen LogP contribution in [0.4, 0.5) is 0 Å². The molecule has 0 spiro atoms. The van der Waals surface area contributed by atoms with Crippen LogP contribution in [0.5, 0.6) is 5.75 Å². The van der Waals surface area contributed by atoms with Crippen molar-refractivity contribution >= 4 is 10.0 Å². The zero-order chi connectivity index (χ0) is 13.7. The molecule has 0 atom stereocenters. The van der Waals surface area contributed by atoms with E-state index in [1.54, 1.807) is 35.3 Å². The van der Waals surface area contributed by atoms with E-state index in [2.05, 4.69) is 9.82 Å². The minimum Gasteiger partial charge on any atom is -0.497 e. The number of hydrogen-bond acceptors (Lipinski definition) is 4. The maximum atomic E-state index is 12.0. The van der Waals surface area contributed by atoms with Gasteiger partial charge in [0.2, 0.25) is 10.0 Å². The maximum absolute atomic E-state index is 12.0. The van der Waals surface area contributed by atoms with Crippen molar-refractivity contribution < 1.29 is 13.2 Å². The number of aromatic nitrogens is 2. The lowest BCUT2D eigenvalue weighted by atomic mass is 10.3. The van der Waals surface area contributed by atoms with Crippen LogP contribution < -0.4 is 9.46 Å². The van der Waals surface area contributed by atoms with Gasteiger partial charge in [0.25, 0.3) is 0 Å². The third-order valence-corrected chi connectivity index (χ3v) is 4.04. The zero-order valence-corrected chi connectivity index (χ0v) is 11.3. The highest BCUT2D eigenvalue weighted by Gasteiger charge is 2.13. The van der Waals surface area contributed by atoms with E-state index in [-0.39, 0.29) is 11.4 Å². The molecule has 2 aromatic rings. The summed E-state index contributed by atoms with van der Waals surface area (Å²) in [6.45, 7) is 0.776. The summed E-state index contributed by atoms with van der Waals surface area (Å²) in [7, 11) is -1.95. The van der Waals surface area contributed by atoms with Crippen molar-refractivity contribution in [1.82, 2.24) is 14.5 Å². The van der Waals surface area contributed by atoms with Crippen LogP contribution in [-0.4, -0.2) is 31.9 Å². The fourth-order valence-corrected chi connectivity index (χ4v) is 2.59. The number of sulfonamides is 1. The Labute approximate surface area is 112 Å². The Morgan fingerprint density at radius 3 is 2.63 bits per heavy atom. The molecule has 1 N–H and O–H groups in total. The molecule has 0 fully saturated rings. The average molecular weight is 281 g/mol. The van der Waals surface area contributed by atoms with E-state index < -0.39 is 10.0 Å². The van der Waals surface area contributed by atoms with Crippen molar-refractivity contribution in [2.45, 2.75) is 11.4 Å². The Balaban J connectivity index is 1.97. The Bertz CT molecular complexity index is 606. The van der Waals surface area contributed by atoms with Gasteiger partial charge in [-0.2, -0.15) is 5.10 Å². The van der Waals surface area contributed by atoms with Gasteiger partial charge in [0, 0.05) is 18.9 Å². The van der Waals surface area contributed by atoms with E-state index in [1.807, 2.05) is 0 Å². The molecule has 1 heterocycles. The van der Waals surface area contributed by atoms with Crippen LogP contribution in [0.15, 0.2) is 47.6 Å². The molecule has 0 unspecified atom stereocenters. The Hall–Kier alpha value is -1.86. The average Bonchev–Trinajstić information content (AvgIpc) is 2.92. The Morgan fingerprint density at radius 2 is 2.05 bits per heavy atom. The molecular formula is C12H15N3O3S. The molecule has 0 aliphatic heterocycles. The molecular weight excluding hydrogens is 266 g/mol. The molecule has 0 saturated heterocycles. The summed E-state index contributed by atoms with van der Waals surface area (Å²) in [4.78, 5) is 0.216. The van der Waals surface area contributed by atoms with E-state index >= 15 is 0 Å². The Morgan fingerprint density at radius 1 is 1.32 bits per heavy atom. The molecule has 0 saturated carbocycles. The summed E-state index contributed by atoms with van der Waals surface area (Å²) < 4.78 is 33.1. The van der Waals surface area contributed by atoms with Gasteiger partial charge in [-0.15, -0.1) is 0 Å². The fourth-order valence-electron chi connectivity index (χ4n) is 1.57. The predicted octanol–water partition coefficient (Wildman–Crippen LogP) is 0.870. The van der Waals surface area contributed by atoms with Crippen LogP contribution >= 0.6 is 0 Å². The van der Waals surface area contributed by atoms with E-state index in [9.17, 15) is 8.42 Å². The number of nitrogens with one attached hydrogen (secondary N) is 1. The van der Waals surface area contributed by atoms with E-state index in [4.69, 9.17) is 4.74 Å². The molecule has 102 valence electrons. The first-order chi connectivity index (χ1) is 9.12. The molecule has 6 nitrogen and oxygen atoms in total. The highest BCUT2D eigenvalue weighted by atomic mass is 32.2. The summed E-state index contributed by atoms with van der Waals surface area (Å²) in [5.41, 5.74) is 0. The number of rotatable bonds is 6. The van der Waals surface area contributed by atoms with Crippen molar-refractivity contribution in [3.63, 3.8) is 0 Å². The topological polar surface area (TPSA) is 73.2 Å². The van der Waals surface area contributed by atoms with Crippen LogP contribution in [-0.2, 0) is 16.6 Å². The van der Waals surface area contributed by atoms with Gasteiger partial charge in [-0.25, -0.2) is 13.1 Å². The highest BCUT2D eigenvalue weighted by Crippen LogP contribution is 2.14. The molecule has 1 aromatic carbocycles. The van der Waals surface area contributed by atoms with Gasteiger partial charge in [0.15, 0.2) is 0 Å². The molecule has 19 heavy (non-hydrogen) atoms. The van der Waals surface area contributed by atoms with E-state index in [0.29, 0.717) is 12.3 Å². The van der Waals surface area contributed by atoms with Crippen molar-refractivity contribution in [1.29, 1.82) is 0 Å². The molecule has 7 heteroatoms. The second kappa shape index (κ2) is 5.85. The summed E-state index contributed by atoms with van der Waals surface area (Å²) in [6.07, 6.45) is 3.43. The van der Waals surface area contributed by atoms with Gasteiger partial charge in [0.05, 0.1) is 18.6 Å².